The second kappa shape index (κ2) is 5.33. The summed E-state index contributed by atoms with van der Waals surface area (Å²) in [4.78, 5) is 24.9. The summed E-state index contributed by atoms with van der Waals surface area (Å²) in [5.41, 5.74) is 0.306. The molecule has 0 bridgehead atoms. The molecule has 1 amide bonds. The summed E-state index contributed by atoms with van der Waals surface area (Å²) in [7, 11) is 1.42. The van der Waals surface area contributed by atoms with Crippen LogP contribution in [0.15, 0.2) is 18.2 Å². The summed E-state index contributed by atoms with van der Waals surface area (Å²) in [6, 6.07) is 4.34. The van der Waals surface area contributed by atoms with Crippen LogP contribution in [0.25, 0.3) is 0 Å². The zero-order valence-corrected chi connectivity index (χ0v) is 11.7. The molecule has 0 aromatic heterocycles. The van der Waals surface area contributed by atoms with Gasteiger partial charge in [-0.15, -0.1) is 0 Å². The molecule has 0 unspecified atom stereocenters. The van der Waals surface area contributed by atoms with Crippen molar-refractivity contribution in [3.05, 3.63) is 33.9 Å². The van der Waals surface area contributed by atoms with E-state index in [9.17, 15) is 14.9 Å². The quantitative estimate of drug-likeness (QED) is 0.664. The zero-order chi connectivity index (χ0) is 15.0. The van der Waals surface area contributed by atoms with Crippen molar-refractivity contribution < 1.29 is 14.5 Å². The van der Waals surface area contributed by atoms with Gasteiger partial charge in [0.05, 0.1) is 23.7 Å². The van der Waals surface area contributed by atoms with Crippen LogP contribution in [0.2, 0.25) is 0 Å². The lowest BCUT2D eigenvalue weighted by Crippen LogP contribution is -2.39. The van der Waals surface area contributed by atoms with Crippen LogP contribution in [0.3, 0.4) is 0 Å². The summed E-state index contributed by atoms with van der Waals surface area (Å²) >= 11 is 0. The van der Waals surface area contributed by atoms with Gasteiger partial charge in [0, 0.05) is 31.7 Å². The molecule has 7 nitrogen and oxygen atoms in total. The number of nitrogens with zero attached hydrogens (tertiary/aromatic N) is 2. The lowest BCUT2D eigenvalue weighted by molar-refractivity contribution is -0.384. The van der Waals surface area contributed by atoms with Gasteiger partial charge in [-0.05, 0) is 18.4 Å². The normalized spacial score (nSPS) is 24.0. The number of amides is 1. The number of carbonyl (C=O) groups excluding carboxylic acids is 1. The highest BCUT2D eigenvalue weighted by Gasteiger charge is 2.40. The maximum atomic E-state index is 12.7. The maximum Gasteiger partial charge on any atom is 0.273 e. The molecule has 2 aliphatic rings. The van der Waals surface area contributed by atoms with E-state index in [4.69, 9.17) is 4.74 Å². The lowest BCUT2D eigenvalue weighted by Gasteiger charge is -2.24. The fourth-order valence-electron chi connectivity index (χ4n) is 3.23. The molecule has 2 saturated heterocycles. The Balaban J connectivity index is 1.89. The molecule has 3 rings (SSSR count). The van der Waals surface area contributed by atoms with Gasteiger partial charge in [0.2, 0.25) is 0 Å². The Morgan fingerprint density at radius 2 is 2.29 bits per heavy atom. The Bertz CT molecular complexity index is 590. The molecule has 2 atom stereocenters. The Hall–Kier alpha value is -2.15. The Morgan fingerprint density at radius 1 is 1.48 bits per heavy atom. The van der Waals surface area contributed by atoms with E-state index < -0.39 is 4.92 Å². The third-order valence-corrected chi connectivity index (χ3v) is 4.33. The van der Waals surface area contributed by atoms with Crippen LogP contribution in [0.1, 0.15) is 16.8 Å². The number of fused-ring (bicyclic) bond motifs is 1. The molecular formula is C14H17N3O4. The number of hydrogen-bond donors (Lipinski definition) is 1. The van der Waals surface area contributed by atoms with Gasteiger partial charge >= 0.3 is 0 Å². The SMILES string of the molecule is COc1cc([N+](=O)[O-])ccc1C(=O)N1CC[C@H]2CNC[C@H]21. The zero-order valence-electron chi connectivity index (χ0n) is 11.7. The molecule has 2 heterocycles. The summed E-state index contributed by atoms with van der Waals surface area (Å²) < 4.78 is 5.16. The lowest BCUT2D eigenvalue weighted by atomic mass is 10.0. The van der Waals surface area contributed by atoms with Crippen LogP contribution < -0.4 is 10.1 Å². The Morgan fingerprint density at radius 3 is 3.00 bits per heavy atom. The van der Waals surface area contributed by atoms with Crippen LogP contribution in [0.5, 0.6) is 5.75 Å². The fourth-order valence-corrected chi connectivity index (χ4v) is 3.23. The molecule has 1 aromatic carbocycles. The van der Waals surface area contributed by atoms with Crippen molar-refractivity contribution >= 4 is 11.6 Å². The number of nitro benzene ring substituents is 1. The molecule has 21 heavy (non-hydrogen) atoms. The van der Waals surface area contributed by atoms with Crippen molar-refractivity contribution in [2.75, 3.05) is 26.7 Å². The number of nitrogens with one attached hydrogen (secondary N) is 1. The summed E-state index contributed by atoms with van der Waals surface area (Å²) in [5, 5.41) is 14.1. The second-order valence-electron chi connectivity index (χ2n) is 5.41. The number of nitro groups is 1. The third kappa shape index (κ3) is 2.33. The molecule has 1 aromatic rings. The van der Waals surface area contributed by atoms with Crippen LogP contribution in [0, 0.1) is 16.0 Å². The smallest absolute Gasteiger partial charge is 0.273 e. The minimum atomic E-state index is -0.496. The van der Waals surface area contributed by atoms with E-state index in [0.29, 0.717) is 11.5 Å². The molecule has 2 fully saturated rings. The van der Waals surface area contributed by atoms with E-state index in [2.05, 4.69) is 5.32 Å². The number of non-ortho nitro benzene ring substituents is 1. The first kappa shape index (κ1) is 13.8. The van der Waals surface area contributed by atoms with Crippen molar-refractivity contribution in [3.8, 4) is 5.75 Å². The van der Waals surface area contributed by atoms with E-state index in [1.54, 1.807) is 0 Å². The Labute approximate surface area is 122 Å². The highest BCUT2D eigenvalue weighted by Crippen LogP contribution is 2.32. The van der Waals surface area contributed by atoms with Gasteiger partial charge in [-0.1, -0.05) is 0 Å². The first-order chi connectivity index (χ1) is 10.1. The van der Waals surface area contributed by atoms with Crippen molar-refractivity contribution in [1.82, 2.24) is 10.2 Å². The number of methoxy groups -OCH3 is 1. The van der Waals surface area contributed by atoms with Gasteiger partial charge in [0.25, 0.3) is 11.6 Å². The number of hydrogen-bond acceptors (Lipinski definition) is 5. The number of likely N-dealkylation sites (tertiary alicyclic amines) is 1. The maximum absolute atomic E-state index is 12.7. The van der Waals surface area contributed by atoms with Crippen LogP contribution in [-0.4, -0.2) is 48.5 Å². The van der Waals surface area contributed by atoms with Gasteiger partial charge in [-0.25, -0.2) is 0 Å². The topological polar surface area (TPSA) is 84.7 Å². The van der Waals surface area contributed by atoms with Gasteiger partial charge in [0.1, 0.15) is 5.75 Å². The van der Waals surface area contributed by atoms with Crippen molar-refractivity contribution in [3.63, 3.8) is 0 Å². The molecule has 1 N–H and O–H groups in total. The molecule has 0 saturated carbocycles. The van der Waals surface area contributed by atoms with E-state index in [0.717, 1.165) is 26.1 Å². The van der Waals surface area contributed by atoms with E-state index in [1.807, 2.05) is 4.90 Å². The van der Waals surface area contributed by atoms with Crippen LogP contribution in [0.4, 0.5) is 5.69 Å². The predicted molar refractivity (Wildman–Crippen MR) is 75.4 cm³/mol. The Kier molecular flexibility index (Phi) is 3.50. The molecule has 7 heteroatoms. The average Bonchev–Trinajstić information content (AvgIpc) is 3.08. The fraction of sp³-hybridized carbons (Fsp3) is 0.500. The highest BCUT2D eigenvalue weighted by molar-refractivity contribution is 5.97. The predicted octanol–water partition coefficient (Wildman–Crippen LogP) is 1.04. The van der Waals surface area contributed by atoms with Gasteiger partial charge in [-0.2, -0.15) is 0 Å². The van der Waals surface area contributed by atoms with E-state index in [-0.39, 0.29) is 23.4 Å². The largest absolute Gasteiger partial charge is 0.496 e. The first-order valence-corrected chi connectivity index (χ1v) is 6.96. The minimum Gasteiger partial charge on any atom is -0.496 e. The summed E-state index contributed by atoms with van der Waals surface area (Å²) in [6.07, 6.45) is 0.999. The standard InChI is InChI=1S/C14H17N3O4/c1-21-13-6-10(17(19)20)2-3-11(13)14(18)16-5-4-9-7-15-8-12(9)16/h2-3,6,9,12,15H,4-5,7-8H2,1H3/t9-,12+/m0/s1. The average molecular weight is 291 g/mol. The molecule has 2 aliphatic heterocycles. The van der Waals surface area contributed by atoms with E-state index in [1.165, 1.54) is 25.3 Å². The number of carbonyl (C=O) groups is 1. The number of rotatable bonds is 3. The van der Waals surface area contributed by atoms with E-state index >= 15 is 0 Å². The van der Waals surface area contributed by atoms with Crippen molar-refractivity contribution in [2.45, 2.75) is 12.5 Å². The number of ether oxygens (including phenoxy) is 1. The van der Waals surface area contributed by atoms with Crippen molar-refractivity contribution in [1.29, 1.82) is 0 Å². The monoisotopic (exact) mass is 291 g/mol. The second-order valence-corrected chi connectivity index (χ2v) is 5.41. The molecule has 0 spiro atoms. The summed E-state index contributed by atoms with van der Waals surface area (Å²) in [6.45, 7) is 2.49. The molecule has 0 aliphatic carbocycles. The van der Waals surface area contributed by atoms with Gasteiger partial charge < -0.3 is 15.0 Å². The van der Waals surface area contributed by atoms with Gasteiger partial charge in [-0.3, -0.25) is 14.9 Å². The van der Waals surface area contributed by atoms with Crippen LogP contribution in [-0.2, 0) is 0 Å². The van der Waals surface area contributed by atoms with Crippen LogP contribution >= 0.6 is 0 Å². The molecule has 0 radical (unpaired) electrons. The van der Waals surface area contributed by atoms with Crippen molar-refractivity contribution in [2.24, 2.45) is 5.92 Å². The van der Waals surface area contributed by atoms with Gasteiger partial charge in [0.15, 0.2) is 0 Å². The third-order valence-electron chi connectivity index (χ3n) is 4.33. The molecular weight excluding hydrogens is 274 g/mol. The minimum absolute atomic E-state index is 0.0785. The number of benzene rings is 1. The highest BCUT2D eigenvalue weighted by atomic mass is 16.6. The first-order valence-electron chi connectivity index (χ1n) is 6.96. The summed E-state index contributed by atoms with van der Waals surface area (Å²) in [5.74, 6) is 0.652. The molecule has 112 valence electrons.